The zero-order valence-corrected chi connectivity index (χ0v) is 18.7. The van der Waals surface area contributed by atoms with Gasteiger partial charge in [-0.3, -0.25) is 9.97 Å². The summed E-state index contributed by atoms with van der Waals surface area (Å²) in [5, 5.41) is 0. The van der Waals surface area contributed by atoms with Crippen LogP contribution < -0.4 is 19.3 Å². The van der Waals surface area contributed by atoms with Crippen molar-refractivity contribution in [2.45, 2.75) is 44.8 Å². The van der Waals surface area contributed by atoms with Crippen LogP contribution in [0.5, 0.6) is 11.8 Å². The van der Waals surface area contributed by atoms with Crippen molar-refractivity contribution < 1.29 is 9.47 Å². The number of rotatable bonds is 6. The first kappa shape index (κ1) is 21.3. The van der Waals surface area contributed by atoms with E-state index in [1.807, 2.05) is 6.20 Å². The Kier molecular flexibility index (Phi) is 6.41. The highest BCUT2D eigenvalue weighted by Crippen LogP contribution is 2.26. The third-order valence-corrected chi connectivity index (χ3v) is 6.05. The summed E-state index contributed by atoms with van der Waals surface area (Å²) >= 11 is 0. The SMILES string of the molecule is Cc1cnc(N2CCC(Oc3cnccn3)CC2)nc1N1CCC(Oc2cnccn2)CC1. The second-order valence-electron chi connectivity index (χ2n) is 8.37. The fraction of sp³-hybridized carbons (Fsp3) is 0.478. The van der Waals surface area contributed by atoms with Crippen molar-refractivity contribution in [3.8, 4) is 11.8 Å². The van der Waals surface area contributed by atoms with Gasteiger partial charge in [0.15, 0.2) is 0 Å². The molecule has 33 heavy (non-hydrogen) atoms. The van der Waals surface area contributed by atoms with Gasteiger partial charge in [0.05, 0.1) is 12.4 Å². The third-order valence-electron chi connectivity index (χ3n) is 6.05. The molecule has 5 heterocycles. The quantitative estimate of drug-likeness (QED) is 0.559. The standard InChI is InChI=1S/C23H28N8O2/c1-17-14-28-23(31-12-4-19(5-13-31)33-21-16-25-7-9-27-21)29-22(17)30-10-2-18(3-11-30)32-20-15-24-6-8-26-20/h6-9,14-16,18-19H,2-5,10-13H2,1H3. The van der Waals surface area contributed by atoms with E-state index >= 15 is 0 Å². The number of hydrogen-bond donors (Lipinski definition) is 0. The number of nitrogens with zero attached hydrogens (tertiary/aromatic N) is 8. The van der Waals surface area contributed by atoms with Gasteiger partial charge < -0.3 is 19.3 Å². The van der Waals surface area contributed by atoms with Crippen LogP contribution in [-0.2, 0) is 0 Å². The van der Waals surface area contributed by atoms with Gasteiger partial charge in [0.25, 0.3) is 0 Å². The van der Waals surface area contributed by atoms with Crippen LogP contribution in [0.2, 0.25) is 0 Å². The van der Waals surface area contributed by atoms with Gasteiger partial charge in [0.2, 0.25) is 17.7 Å². The predicted octanol–water partition coefficient (Wildman–Crippen LogP) is 2.46. The summed E-state index contributed by atoms with van der Waals surface area (Å²) in [7, 11) is 0. The Balaban J connectivity index is 1.17. The fourth-order valence-electron chi connectivity index (χ4n) is 4.29. The minimum absolute atomic E-state index is 0.135. The molecule has 10 nitrogen and oxygen atoms in total. The molecule has 2 saturated heterocycles. The molecule has 0 aliphatic carbocycles. The zero-order valence-electron chi connectivity index (χ0n) is 18.7. The highest BCUT2D eigenvalue weighted by atomic mass is 16.5. The first-order chi connectivity index (χ1) is 16.2. The van der Waals surface area contributed by atoms with Crippen molar-refractivity contribution >= 4 is 11.8 Å². The smallest absolute Gasteiger partial charge is 0.232 e. The Hall–Kier alpha value is -3.56. The molecule has 0 aromatic carbocycles. The van der Waals surface area contributed by atoms with Crippen molar-refractivity contribution in [2.24, 2.45) is 0 Å². The second kappa shape index (κ2) is 9.93. The monoisotopic (exact) mass is 448 g/mol. The summed E-state index contributed by atoms with van der Waals surface area (Å²) in [6.07, 6.45) is 15.8. The van der Waals surface area contributed by atoms with E-state index in [9.17, 15) is 0 Å². The highest BCUT2D eigenvalue weighted by molar-refractivity contribution is 5.50. The Bertz CT molecular complexity index is 1020. The molecule has 172 valence electrons. The van der Waals surface area contributed by atoms with Gasteiger partial charge in [-0.25, -0.2) is 15.0 Å². The Morgan fingerprint density at radius 3 is 1.76 bits per heavy atom. The molecule has 0 spiro atoms. The van der Waals surface area contributed by atoms with E-state index in [0.717, 1.165) is 69.2 Å². The zero-order chi connectivity index (χ0) is 22.5. The van der Waals surface area contributed by atoms with Crippen molar-refractivity contribution in [1.82, 2.24) is 29.9 Å². The molecule has 0 atom stereocenters. The molecule has 3 aromatic rings. The van der Waals surface area contributed by atoms with E-state index < -0.39 is 0 Å². The Morgan fingerprint density at radius 2 is 1.24 bits per heavy atom. The molecule has 3 aromatic heterocycles. The summed E-state index contributed by atoms with van der Waals surface area (Å²) in [6.45, 7) is 5.54. The number of aryl methyl sites for hydroxylation is 1. The predicted molar refractivity (Wildman–Crippen MR) is 123 cm³/mol. The van der Waals surface area contributed by atoms with Crippen LogP contribution in [0.25, 0.3) is 0 Å². The van der Waals surface area contributed by atoms with Gasteiger partial charge in [-0.2, -0.15) is 4.98 Å². The second-order valence-corrected chi connectivity index (χ2v) is 8.37. The number of ether oxygens (including phenoxy) is 2. The number of aromatic nitrogens is 6. The van der Waals surface area contributed by atoms with Crippen LogP contribution in [0.1, 0.15) is 31.2 Å². The van der Waals surface area contributed by atoms with Crippen molar-refractivity contribution in [2.75, 3.05) is 36.0 Å². The molecule has 0 saturated carbocycles. The Morgan fingerprint density at radius 1 is 0.697 bits per heavy atom. The molecule has 10 heteroatoms. The van der Waals surface area contributed by atoms with Crippen LogP contribution in [0.15, 0.2) is 43.4 Å². The van der Waals surface area contributed by atoms with Gasteiger partial charge in [-0.1, -0.05) is 0 Å². The van der Waals surface area contributed by atoms with E-state index in [-0.39, 0.29) is 12.2 Å². The molecule has 0 amide bonds. The van der Waals surface area contributed by atoms with E-state index in [1.165, 1.54) is 0 Å². The lowest BCUT2D eigenvalue weighted by molar-refractivity contribution is 0.162. The lowest BCUT2D eigenvalue weighted by Crippen LogP contribution is -2.41. The van der Waals surface area contributed by atoms with E-state index in [0.29, 0.717) is 11.8 Å². The van der Waals surface area contributed by atoms with Crippen molar-refractivity contribution in [3.05, 3.63) is 48.9 Å². The topological polar surface area (TPSA) is 102 Å². The molecular formula is C23H28N8O2. The maximum absolute atomic E-state index is 5.98. The molecule has 5 rings (SSSR count). The average molecular weight is 449 g/mol. The fourth-order valence-corrected chi connectivity index (χ4v) is 4.29. The maximum Gasteiger partial charge on any atom is 0.232 e. The summed E-state index contributed by atoms with van der Waals surface area (Å²) < 4.78 is 11.9. The minimum Gasteiger partial charge on any atom is -0.473 e. The maximum atomic E-state index is 5.98. The van der Waals surface area contributed by atoms with E-state index in [1.54, 1.807) is 37.2 Å². The van der Waals surface area contributed by atoms with E-state index in [2.05, 4.69) is 41.6 Å². The third kappa shape index (κ3) is 5.27. The van der Waals surface area contributed by atoms with Crippen LogP contribution in [-0.4, -0.2) is 68.3 Å². The van der Waals surface area contributed by atoms with Gasteiger partial charge >= 0.3 is 0 Å². The Labute approximate surface area is 193 Å². The van der Waals surface area contributed by atoms with Gasteiger partial charge in [0.1, 0.15) is 18.0 Å². The lowest BCUT2D eigenvalue weighted by Gasteiger charge is -2.35. The van der Waals surface area contributed by atoms with Crippen LogP contribution >= 0.6 is 0 Å². The van der Waals surface area contributed by atoms with Crippen LogP contribution in [0.3, 0.4) is 0 Å². The molecule has 2 aliphatic rings. The van der Waals surface area contributed by atoms with Crippen LogP contribution in [0.4, 0.5) is 11.8 Å². The van der Waals surface area contributed by atoms with Gasteiger partial charge in [-0.15, -0.1) is 0 Å². The minimum atomic E-state index is 0.135. The van der Waals surface area contributed by atoms with Crippen molar-refractivity contribution in [3.63, 3.8) is 0 Å². The lowest BCUT2D eigenvalue weighted by atomic mass is 10.1. The summed E-state index contributed by atoms with van der Waals surface area (Å²) in [4.78, 5) is 30.7. The first-order valence-electron chi connectivity index (χ1n) is 11.4. The van der Waals surface area contributed by atoms with Crippen LogP contribution in [0, 0.1) is 6.92 Å². The van der Waals surface area contributed by atoms with Gasteiger partial charge in [0, 0.05) is 88.4 Å². The van der Waals surface area contributed by atoms with Crippen molar-refractivity contribution in [1.29, 1.82) is 0 Å². The highest BCUT2D eigenvalue weighted by Gasteiger charge is 2.26. The molecule has 0 unspecified atom stereocenters. The summed E-state index contributed by atoms with van der Waals surface area (Å²) in [5.74, 6) is 2.96. The van der Waals surface area contributed by atoms with E-state index in [4.69, 9.17) is 14.5 Å². The summed E-state index contributed by atoms with van der Waals surface area (Å²) in [6, 6.07) is 0. The molecule has 2 aliphatic heterocycles. The normalized spacial score (nSPS) is 17.7. The number of piperidine rings is 2. The number of anilines is 2. The molecule has 0 radical (unpaired) electrons. The van der Waals surface area contributed by atoms with Gasteiger partial charge in [-0.05, 0) is 6.92 Å². The average Bonchev–Trinajstić information content (AvgIpc) is 2.87. The first-order valence-corrected chi connectivity index (χ1v) is 11.4. The number of hydrogen-bond acceptors (Lipinski definition) is 10. The molecule has 2 fully saturated rings. The summed E-state index contributed by atoms with van der Waals surface area (Å²) in [5.41, 5.74) is 1.09. The largest absolute Gasteiger partial charge is 0.473 e. The molecule has 0 N–H and O–H groups in total. The molecule has 0 bridgehead atoms. The molecular weight excluding hydrogens is 420 g/mol.